The molecule has 258 valence electrons. The second-order valence-electron chi connectivity index (χ2n) is 12.3. The van der Waals surface area contributed by atoms with E-state index in [2.05, 4.69) is 6.92 Å². The standard InChI is InChI=1S/C33H66O10/c1-3-4-5-10-13-16-28(43-33(41)23-26(2)35)17-14-11-8-6-7-9-12-15-18-29(37)30(38)19-20-31(39)32(40)21-22-42-25-27(36)24-34/h26-32,34-40H,3-25H2,1-2H3/t26-,27+,28+,29-,30+,31-,32+/m0/s1. The van der Waals surface area contributed by atoms with E-state index in [4.69, 9.17) is 14.6 Å². The molecular formula is C33H66O10. The van der Waals surface area contributed by atoms with Gasteiger partial charge >= 0.3 is 5.97 Å². The molecule has 0 bridgehead atoms. The highest BCUT2D eigenvalue weighted by molar-refractivity contribution is 5.70. The summed E-state index contributed by atoms with van der Waals surface area (Å²) < 4.78 is 10.8. The maximum Gasteiger partial charge on any atom is 0.308 e. The van der Waals surface area contributed by atoms with Crippen molar-refractivity contribution < 1.29 is 50.0 Å². The Hall–Kier alpha value is -0.850. The van der Waals surface area contributed by atoms with Crippen LogP contribution in [0.3, 0.4) is 0 Å². The lowest BCUT2D eigenvalue weighted by molar-refractivity contribution is -0.151. The molecule has 0 rings (SSSR count). The number of aliphatic hydroxyl groups excluding tert-OH is 7. The van der Waals surface area contributed by atoms with E-state index < -0.39 is 43.2 Å². The van der Waals surface area contributed by atoms with E-state index in [9.17, 15) is 35.4 Å². The fourth-order valence-electron chi connectivity index (χ4n) is 5.09. The van der Waals surface area contributed by atoms with Gasteiger partial charge in [-0.2, -0.15) is 0 Å². The molecule has 10 heteroatoms. The van der Waals surface area contributed by atoms with Gasteiger partial charge in [0.25, 0.3) is 0 Å². The van der Waals surface area contributed by atoms with Crippen LogP contribution in [0, 0.1) is 0 Å². The molecule has 0 radical (unpaired) electrons. The zero-order chi connectivity index (χ0) is 32.3. The maximum atomic E-state index is 12.0. The number of ether oxygens (including phenoxy) is 2. The van der Waals surface area contributed by atoms with E-state index in [1.54, 1.807) is 6.92 Å². The predicted octanol–water partition coefficient (Wildman–Crippen LogP) is 3.91. The van der Waals surface area contributed by atoms with Crippen LogP contribution in [0.25, 0.3) is 0 Å². The Labute approximate surface area is 260 Å². The minimum atomic E-state index is -1.04. The van der Waals surface area contributed by atoms with Crippen molar-refractivity contribution in [2.24, 2.45) is 0 Å². The van der Waals surface area contributed by atoms with Crippen molar-refractivity contribution in [3.05, 3.63) is 0 Å². The third kappa shape index (κ3) is 26.1. The van der Waals surface area contributed by atoms with Crippen molar-refractivity contribution in [2.45, 2.75) is 185 Å². The summed E-state index contributed by atoms with van der Waals surface area (Å²) in [4.78, 5) is 12.0. The van der Waals surface area contributed by atoms with E-state index in [1.165, 1.54) is 25.7 Å². The third-order valence-electron chi connectivity index (χ3n) is 7.89. The summed E-state index contributed by atoms with van der Waals surface area (Å²) in [5.41, 5.74) is 0. The highest BCUT2D eigenvalue weighted by Gasteiger charge is 2.21. The van der Waals surface area contributed by atoms with Gasteiger partial charge in [-0.05, 0) is 58.3 Å². The van der Waals surface area contributed by atoms with Crippen molar-refractivity contribution in [1.29, 1.82) is 0 Å². The number of hydrogen-bond donors (Lipinski definition) is 7. The van der Waals surface area contributed by atoms with Crippen LogP contribution < -0.4 is 0 Å². The number of carbonyl (C=O) groups excluding carboxylic acids is 1. The average Bonchev–Trinajstić information content (AvgIpc) is 2.97. The molecule has 0 saturated heterocycles. The fourth-order valence-corrected chi connectivity index (χ4v) is 5.09. The smallest absolute Gasteiger partial charge is 0.308 e. The number of rotatable bonds is 31. The Bertz CT molecular complexity index is 620. The topological polar surface area (TPSA) is 177 Å². The molecular weight excluding hydrogens is 556 g/mol. The van der Waals surface area contributed by atoms with Crippen LogP contribution in [-0.4, -0.2) is 104 Å². The largest absolute Gasteiger partial charge is 0.462 e. The highest BCUT2D eigenvalue weighted by Crippen LogP contribution is 2.19. The summed E-state index contributed by atoms with van der Waals surface area (Å²) in [5.74, 6) is -0.307. The minimum Gasteiger partial charge on any atom is -0.462 e. The van der Waals surface area contributed by atoms with Gasteiger partial charge in [-0.3, -0.25) is 4.79 Å². The maximum absolute atomic E-state index is 12.0. The fraction of sp³-hybridized carbons (Fsp3) is 0.970. The lowest BCUT2D eigenvalue weighted by atomic mass is 9.98. The van der Waals surface area contributed by atoms with Crippen LogP contribution in [0.1, 0.15) is 142 Å². The molecule has 0 aliphatic carbocycles. The quantitative estimate of drug-likeness (QED) is 0.0443. The molecule has 7 atom stereocenters. The molecule has 0 spiro atoms. The summed E-state index contributed by atoms with van der Waals surface area (Å²) in [6.07, 6.45) is 11.5. The van der Waals surface area contributed by atoms with Gasteiger partial charge in [0.15, 0.2) is 0 Å². The van der Waals surface area contributed by atoms with E-state index in [0.717, 1.165) is 70.6 Å². The number of esters is 1. The van der Waals surface area contributed by atoms with Gasteiger partial charge in [0.05, 0.1) is 50.2 Å². The third-order valence-corrected chi connectivity index (χ3v) is 7.89. The number of carbonyl (C=O) groups is 1. The zero-order valence-electron chi connectivity index (χ0n) is 27.2. The van der Waals surface area contributed by atoms with Gasteiger partial charge in [-0.25, -0.2) is 0 Å². The normalized spacial score (nSPS) is 16.8. The number of unbranched alkanes of at least 4 members (excludes halogenated alkanes) is 11. The Morgan fingerprint density at radius 3 is 1.53 bits per heavy atom. The highest BCUT2D eigenvalue weighted by atomic mass is 16.5. The molecule has 0 unspecified atom stereocenters. The molecule has 0 aliphatic heterocycles. The van der Waals surface area contributed by atoms with E-state index >= 15 is 0 Å². The molecule has 0 amide bonds. The van der Waals surface area contributed by atoms with Crippen LogP contribution in [0.5, 0.6) is 0 Å². The SMILES string of the molecule is CCCCCCC[C@H](CCCCCCCCCC[C@H](O)[C@H](O)CC[C@H](O)[C@H](O)CCOC[C@H](O)CO)OC(=O)C[C@H](C)O. The lowest BCUT2D eigenvalue weighted by Gasteiger charge is -2.22. The average molecular weight is 623 g/mol. The summed E-state index contributed by atoms with van der Waals surface area (Å²) in [6.45, 7) is 3.48. The summed E-state index contributed by atoms with van der Waals surface area (Å²) in [5, 5.41) is 68.0. The van der Waals surface area contributed by atoms with Crippen LogP contribution in [0.4, 0.5) is 0 Å². The number of aliphatic hydroxyl groups is 7. The molecule has 0 aliphatic rings. The van der Waals surface area contributed by atoms with Crippen LogP contribution in [0.2, 0.25) is 0 Å². The minimum absolute atomic E-state index is 0.0450. The first-order valence-electron chi connectivity index (χ1n) is 17.1. The predicted molar refractivity (Wildman–Crippen MR) is 168 cm³/mol. The molecule has 0 aromatic carbocycles. The Balaban J connectivity index is 3.92. The second kappa shape index (κ2) is 28.6. The summed E-state index contributed by atoms with van der Waals surface area (Å²) >= 11 is 0. The molecule has 0 aromatic heterocycles. The number of hydrogen-bond acceptors (Lipinski definition) is 10. The first-order chi connectivity index (χ1) is 20.6. The zero-order valence-corrected chi connectivity index (χ0v) is 27.2. The van der Waals surface area contributed by atoms with Gasteiger partial charge in [0.2, 0.25) is 0 Å². The van der Waals surface area contributed by atoms with Gasteiger partial charge < -0.3 is 45.2 Å². The van der Waals surface area contributed by atoms with Crippen molar-refractivity contribution >= 4 is 5.97 Å². The lowest BCUT2D eigenvalue weighted by Crippen LogP contribution is -2.32. The molecule has 43 heavy (non-hydrogen) atoms. The van der Waals surface area contributed by atoms with E-state index in [1.807, 2.05) is 0 Å². The van der Waals surface area contributed by atoms with Gasteiger partial charge in [0, 0.05) is 6.61 Å². The second-order valence-corrected chi connectivity index (χ2v) is 12.3. The van der Waals surface area contributed by atoms with Crippen LogP contribution in [-0.2, 0) is 14.3 Å². The molecule has 0 heterocycles. The summed E-state index contributed by atoms with van der Waals surface area (Å²) in [6, 6.07) is 0. The van der Waals surface area contributed by atoms with Gasteiger partial charge in [0.1, 0.15) is 12.2 Å². The van der Waals surface area contributed by atoms with Crippen LogP contribution in [0.15, 0.2) is 0 Å². The first kappa shape index (κ1) is 42.1. The van der Waals surface area contributed by atoms with Crippen molar-refractivity contribution in [1.82, 2.24) is 0 Å². The molecule has 10 nitrogen and oxygen atoms in total. The molecule has 7 N–H and O–H groups in total. The van der Waals surface area contributed by atoms with Crippen molar-refractivity contribution in [3.8, 4) is 0 Å². The van der Waals surface area contributed by atoms with E-state index in [0.29, 0.717) is 6.42 Å². The Morgan fingerprint density at radius 1 is 0.605 bits per heavy atom. The van der Waals surface area contributed by atoms with Crippen molar-refractivity contribution in [3.63, 3.8) is 0 Å². The molecule has 0 saturated carbocycles. The molecule has 0 aromatic rings. The monoisotopic (exact) mass is 622 g/mol. The van der Waals surface area contributed by atoms with Gasteiger partial charge in [-0.1, -0.05) is 77.6 Å². The first-order valence-corrected chi connectivity index (χ1v) is 17.1. The van der Waals surface area contributed by atoms with Crippen molar-refractivity contribution in [2.75, 3.05) is 19.8 Å². The molecule has 0 fully saturated rings. The van der Waals surface area contributed by atoms with Gasteiger partial charge in [-0.15, -0.1) is 0 Å². The Kier molecular flexibility index (Phi) is 28.0. The summed E-state index contributed by atoms with van der Waals surface area (Å²) in [7, 11) is 0. The van der Waals surface area contributed by atoms with Crippen LogP contribution >= 0.6 is 0 Å². The van der Waals surface area contributed by atoms with E-state index in [-0.39, 0.29) is 51.0 Å². The Morgan fingerprint density at radius 2 is 1.05 bits per heavy atom.